The predicted octanol–water partition coefficient (Wildman–Crippen LogP) is 2.99. The molecule has 1 heterocycles. The van der Waals surface area contributed by atoms with E-state index in [2.05, 4.69) is 4.98 Å². The van der Waals surface area contributed by atoms with Crippen molar-refractivity contribution in [2.45, 2.75) is 12.3 Å². The van der Waals surface area contributed by atoms with Gasteiger partial charge in [0.2, 0.25) is 0 Å². The van der Waals surface area contributed by atoms with Gasteiger partial charge in [-0.25, -0.2) is 13.8 Å². The number of rotatable bonds is 2. The van der Waals surface area contributed by atoms with E-state index in [-0.39, 0.29) is 27.8 Å². The molecule has 0 saturated heterocycles. The fraction of sp³-hybridized carbons (Fsp3) is 0.286. The molecule has 13 heavy (non-hydrogen) atoms. The van der Waals surface area contributed by atoms with Crippen molar-refractivity contribution in [3.8, 4) is 0 Å². The number of alkyl halides is 3. The van der Waals surface area contributed by atoms with Gasteiger partial charge in [0.15, 0.2) is 0 Å². The van der Waals surface area contributed by atoms with E-state index in [0.29, 0.717) is 0 Å². The Labute approximate surface area is 83.7 Å². The van der Waals surface area contributed by atoms with Gasteiger partial charge >= 0.3 is 0 Å². The second-order valence-corrected chi connectivity index (χ2v) is 2.99. The van der Waals surface area contributed by atoms with Crippen molar-refractivity contribution in [3.63, 3.8) is 0 Å². The number of nitrogens with two attached hydrogens (primary N) is 1. The molecule has 0 fully saturated rings. The first-order chi connectivity index (χ1) is 6.07. The summed E-state index contributed by atoms with van der Waals surface area (Å²) in [5.74, 6) is -0.131. The number of pyridine rings is 1. The summed E-state index contributed by atoms with van der Waals surface area (Å²) in [6.45, 7) is 0. The molecule has 1 rings (SSSR count). The Balaban J connectivity index is 3.35. The van der Waals surface area contributed by atoms with Crippen LogP contribution in [-0.4, -0.2) is 4.98 Å². The normalized spacial score (nSPS) is 10.8. The zero-order valence-corrected chi connectivity index (χ0v) is 7.91. The summed E-state index contributed by atoms with van der Waals surface area (Å²) in [4.78, 5) is 3.62. The Bertz CT molecular complexity index is 318. The van der Waals surface area contributed by atoms with Gasteiger partial charge in [-0.15, -0.1) is 11.6 Å². The summed E-state index contributed by atoms with van der Waals surface area (Å²) < 4.78 is 24.9. The highest BCUT2D eigenvalue weighted by Gasteiger charge is 2.19. The molecule has 1 aromatic rings. The van der Waals surface area contributed by atoms with Crippen molar-refractivity contribution in [1.82, 2.24) is 4.98 Å². The summed E-state index contributed by atoms with van der Waals surface area (Å²) in [5.41, 5.74) is 5.12. The lowest BCUT2D eigenvalue weighted by molar-refractivity contribution is 0.150. The Kier molecular flexibility index (Phi) is 3.27. The summed E-state index contributed by atoms with van der Waals surface area (Å²) in [6.07, 6.45) is -1.60. The van der Waals surface area contributed by atoms with Crippen LogP contribution in [0.15, 0.2) is 6.20 Å². The third-order valence-electron chi connectivity index (χ3n) is 1.56. The van der Waals surface area contributed by atoms with E-state index in [4.69, 9.17) is 28.9 Å². The Morgan fingerprint density at radius 2 is 2.15 bits per heavy atom. The largest absolute Gasteiger partial charge is 0.383 e. The van der Waals surface area contributed by atoms with E-state index in [9.17, 15) is 8.78 Å². The SMILES string of the molecule is Nc1ncc(Cl)c(C(F)F)c1CCl. The molecule has 0 aliphatic heterocycles. The van der Waals surface area contributed by atoms with Crippen LogP contribution in [0.2, 0.25) is 5.02 Å². The first kappa shape index (κ1) is 10.5. The quantitative estimate of drug-likeness (QED) is 0.788. The highest BCUT2D eigenvalue weighted by Crippen LogP contribution is 2.32. The van der Waals surface area contributed by atoms with Crippen LogP contribution in [0.3, 0.4) is 0 Å². The molecule has 0 unspecified atom stereocenters. The molecule has 0 saturated carbocycles. The molecule has 0 spiro atoms. The Morgan fingerprint density at radius 1 is 1.54 bits per heavy atom. The number of hydrogen-bond acceptors (Lipinski definition) is 2. The molecule has 0 amide bonds. The minimum absolute atomic E-state index is 0.00491. The fourth-order valence-corrected chi connectivity index (χ4v) is 1.46. The molecule has 0 radical (unpaired) electrons. The molecule has 72 valence electrons. The van der Waals surface area contributed by atoms with E-state index in [0.717, 1.165) is 6.20 Å². The molecule has 0 aromatic carbocycles. The van der Waals surface area contributed by atoms with Crippen LogP contribution < -0.4 is 5.73 Å². The number of nitrogen functional groups attached to an aromatic ring is 1. The van der Waals surface area contributed by atoms with E-state index >= 15 is 0 Å². The number of halogens is 4. The van der Waals surface area contributed by atoms with E-state index in [1.165, 1.54) is 0 Å². The molecule has 0 aliphatic carbocycles. The summed E-state index contributed by atoms with van der Waals surface area (Å²) in [5, 5.41) is -0.111. The molecule has 0 bridgehead atoms. The van der Waals surface area contributed by atoms with Gasteiger partial charge in [0.25, 0.3) is 6.43 Å². The molecule has 6 heteroatoms. The van der Waals surface area contributed by atoms with Crippen LogP contribution in [0.25, 0.3) is 0 Å². The van der Waals surface area contributed by atoms with Gasteiger partial charge < -0.3 is 5.73 Å². The maximum Gasteiger partial charge on any atom is 0.265 e. The topological polar surface area (TPSA) is 38.9 Å². The molecular formula is C7H6Cl2F2N2. The predicted molar refractivity (Wildman–Crippen MR) is 48.2 cm³/mol. The molecule has 2 N–H and O–H groups in total. The third kappa shape index (κ3) is 2.00. The number of nitrogens with zero attached hydrogens (tertiary/aromatic N) is 1. The minimum atomic E-state index is -2.69. The number of aromatic nitrogens is 1. The molecule has 0 atom stereocenters. The number of hydrogen-bond donors (Lipinski definition) is 1. The molecule has 2 nitrogen and oxygen atoms in total. The van der Waals surface area contributed by atoms with Gasteiger partial charge in [-0.2, -0.15) is 0 Å². The molecule has 0 aliphatic rings. The van der Waals surface area contributed by atoms with Gasteiger partial charge in [-0.3, -0.25) is 0 Å². The first-order valence-corrected chi connectivity index (χ1v) is 4.26. The highest BCUT2D eigenvalue weighted by atomic mass is 35.5. The van der Waals surface area contributed by atoms with E-state index in [1.54, 1.807) is 0 Å². The first-order valence-electron chi connectivity index (χ1n) is 3.34. The van der Waals surface area contributed by atoms with Crippen molar-refractivity contribution >= 4 is 29.0 Å². The van der Waals surface area contributed by atoms with Gasteiger partial charge in [0.05, 0.1) is 10.9 Å². The second-order valence-electron chi connectivity index (χ2n) is 2.32. The van der Waals surface area contributed by atoms with Crippen molar-refractivity contribution in [3.05, 3.63) is 22.3 Å². The minimum Gasteiger partial charge on any atom is -0.383 e. The maximum atomic E-state index is 12.4. The van der Waals surface area contributed by atoms with Crippen molar-refractivity contribution < 1.29 is 8.78 Å². The van der Waals surface area contributed by atoms with Gasteiger partial charge in [0.1, 0.15) is 5.82 Å². The smallest absolute Gasteiger partial charge is 0.265 e. The highest BCUT2D eigenvalue weighted by molar-refractivity contribution is 6.31. The fourth-order valence-electron chi connectivity index (χ4n) is 0.932. The monoisotopic (exact) mass is 226 g/mol. The van der Waals surface area contributed by atoms with Gasteiger partial charge in [0, 0.05) is 17.3 Å². The zero-order chi connectivity index (χ0) is 10.0. The average Bonchev–Trinajstić information content (AvgIpc) is 2.07. The lowest BCUT2D eigenvalue weighted by atomic mass is 10.1. The van der Waals surface area contributed by atoms with Crippen molar-refractivity contribution in [1.29, 1.82) is 0 Å². The van der Waals surface area contributed by atoms with Crippen LogP contribution in [-0.2, 0) is 5.88 Å². The number of anilines is 1. The summed E-state index contributed by atoms with van der Waals surface area (Å²) >= 11 is 11.0. The lowest BCUT2D eigenvalue weighted by Gasteiger charge is -2.09. The van der Waals surface area contributed by atoms with Crippen LogP contribution in [0.5, 0.6) is 0 Å². The third-order valence-corrected chi connectivity index (χ3v) is 2.13. The zero-order valence-electron chi connectivity index (χ0n) is 6.40. The van der Waals surface area contributed by atoms with Crippen LogP contribution >= 0.6 is 23.2 Å². The standard InChI is InChI=1S/C7H6Cl2F2N2/c8-1-3-5(6(10)11)4(9)2-13-7(3)12/h2,6H,1H2,(H2,12,13). The van der Waals surface area contributed by atoms with E-state index in [1.807, 2.05) is 0 Å². The van der Waals surface area contributed by atoms with Crippen LogP contribution in [0.4, 0.5) is 14.6 Å². The second kappa shape index (κ2) is 4.07. The van der Waals surface area contributed by atoms with E-state index < -0.39 is 6.43 Å². The van der Waals surface area contributed by atoms with Gasteiger partial charge in [-0.1, -0.05) is 11.6 Å². The lowest BCUT2D eigenvalue weighted by Crippen LogP contribution is -2.02. The van der Waals surface area contributed by atoms with Crippen molar-refractivity contribution in [2.24, 2.45) is 0 Å². The molecule has 1 aromatic heterocycles. The van der Waals surface area contributed by atoms with Crippen LogP contribution in [0, 0.1) is 0 Å². The Morgan fingerprint density at radius 3 is 2.54 bits per heavy atom. The molecular weight excluding hydrogens is 221 g/mol. The van der Waals surface area contributed by atoms with Crippen molar-refractivity contribution in [2.75, 3.05) is 5.73 Å². The summed E-state index contributed by atoms with van der Waals surface area (Å²) in [6, 6.07) is 0. The Hall–Kier alpha value is -0.610. The van der Waals surface area contributed by atoms with Gasteiger partial charge in [-0.05, 0) is 0 Å². The maximum absolute atomic E-state index is 12.4. The average molecular weight is 227 g/mol. The van der Waals surface area contributed by atoms with Crippen LogP contribution in [0.1, 0.15) is 17.6 Å². The summed E-state index contributed by atoms with van der Waals surface area (Å²) in [7, 11) is 0.